The molecule has 0 aromatic carbocycles. The third kappa shape index (κ3) is 2.37. The normalized spacial score (nSPS) is 13.1. The van der Waals surface area contributed by atoms with Crippen molar-refractivity contribution in [3.63, 3.8) is 0 Å². The van der Waals surface area contributed by atoms with Crippen LogP contribution < -0.4 is 10.9 Å². The molecule has 0 saturated carbocycles. The van der Waals surface area contributed by atoms with E-state index in [1.54, 1.807) is 6.20 Å². The molecule has 0 radical (unpaired) electrons. The fourth-order valence-electron chi connectivity index (χ4n) is 1.73. The molecule has 92 valence electrons. The smallest absolute Gasteiger partial charge is 0.275 e. The molecular weight excluding hydrogens is 220 g/mol. The van der Waals surface area contributed by atoms with Crippen LogP contribution in [0.2, 0.25) is 0 Å². The molecule has 0 spiro atoms. The Morgan fingerprint density at radius 1 is 1.53 bits per heavy atom. The molecule has 6 heteroatoms. The highest BCUT2D eigenvalue weighted by molar-refractivity contribution is 5.77. The van der Waals surface area contributed by atoms with Gasteiger partial charge in [-0.25, -0.2) is 4.98 Å². The number of nitrogens with one attached hydrogen (secondary N) is 3. The highest BCUT2D eigenvalue weighted by atomic mass is 16.3. The number of aliphatic hydroxyl groups is 1. The topological polar surface area (TPSA) is 93.8 Å². The van der Waals surface area contributed by atoms with Crippen molar-refractivity contribution in [1.29, 1.82) is 0 Å². The van der Waals surface area contributed by atoms with Crippen LogP contribution >= 0.6 is 0 Å². The van der Waals surface area contributed by atoms with E-state index < -0.39 is 0 Å². The van der Waals surface area contributed by atoms with Crippen LogP contribution in [-0.2, 0) is 6.54 Å². The maximum absolute atomic E-state index is 11.5. The van der Waals surface area contributed by atoms with Gasteiger partial charge in [0.15, 0.2) is 0 Å². The maximum Gasteiger partial charge on any atom is 0.275 e. The molecule has 2 aromatic heterocycles. The van der Waals surface area contributed by atoms with E-state index in [1.807, 2.05) is 6.92 Å². The van der Waals surface area contributed by atoms with E-state index in [4.69, 9.17) is 5.11 Å². The molecule has 0 bridgehead atoms. The minimum Gasteiger partial charge on any atom is -0.395 e. The number of fused-ring (bicyclic) bond motifs is 1. The standard InChI is InChI=1S/C11H16N4O2/c1-2-8(5-16)12-3-7-4-13-10-9(7)14-6-15-11(10)17/h4,6,8,12-13,16H,2-3,5H2,1H3,(H,14,15,17)/t8-/m0/s1. The van der Waals surface area contributed by atoms with Crippen molar-refractivity contribution < 1.29 is 5.11 Å². The number of hydrogen-bond donors (Lipinski definition) is 4. The van der Waals surface area contributed by atoms with Crippen molar-refractivity contribution in [3.8, 4) is 0 Å². The lowest BCUT2D eigenvalue weighted by Crippen LogP contribution is -2.31. The van der Waals surface area contributed by atoms with Gasteiger partial charge < -0.3 is 20.4 Å². The maximum atomic E-state index is 11.5. The molecule has 0 fully saturated rings. The zero-order chi connectivity index (χ0) is 12.3. The molecule has 6 nitrogen and oxygen atoms in total. The summed E-state index contributed by atoms with van der Waals surface area (Å²) in [5.41, 5.74) is 1.92. The van der Waals surface area contributed by atoms with Crippen LogP contribution in [0, 0.1) is 0 Å². The molecule has 0 aliphatic rings. The summed E-state index contributed by atoms with van der Waals surface area (Å²) >= 11 is 0. The molecule has 17 heavy (non-hydrogen) atoms. The van der Waals surface area contributed by atoms with Crippen LogP contribution in [0.4, 0.5) is 0 Å². The molecule has 0 saturated heterocycles. The first-order valence-corrected chi connectivity index (χ1v) is 5.64. The minimum absolute atomic E-state index is 0.0712. The van der Waals surface area contributed by atoms with Crippen molar-refractivity contribution in [2.45, 2.75) is 25.9 Å². The second-order valence-corrected chi connectivity index (χ2v) is 3.94. The summed E-state index contributed by atoms with van der Waals surface area (Å²) in [5, 5.41) is 12.3. The second kappa shape index (κ2) is 5.11. The lowest BCUT2D eigenvalue weighted by Gasteiger charge is -2.12. The number of rotatable bonds is 5. The Labute approximate surface area is 98.1 Å². The lowest BCUT2D eigenvalue weighted by molar-refractivity contribution is 0.238. The van der Waals surface area contributed by atoms with Gasteiger partial charge in [0.05, 0.1) is 18.5 Å². The Morgan fingerprint density at radius 2 is 2.35 bits per heavy atom. The van der Waals surface area contributed by atoms with Gasteiger partial charge in [-0.05, 0) is 6.42 Å². The van der Waals surface area contributed by atoms with Crippen LogP contribution in [-0.4, -0.2) is 32.7 Å². The van der Waals surface area contributed by atoms with Gasteiger partial charge in [0.2, 0.25) is 0 Å². The van der Waals surface area contributed by atoms with E-state index in [9.17, 15) is 4.79 Å². The average molecular weight is 236 g/mol. The van der Waals surface area contributed by atoms with E-state index in [2.05, 4.69) is 20.3 Å². The number of H-pyrrole nitrogens is 2. The average Bonchev–Trinajstić information content (AvgIpc) is 2.75. The number of hydrogen-bond acceptors (Lipinski definition) is 4. The number of aromatic nitrogens is 3. The summed E-state index contributed by atoms with van der Waals surface area (Å²) in [4.78, 5) is 21.0. The Hall–Kier alpha value is -1.66. The van der Waals surface area contributed by atoms with Gasteiger partial charge in [-0.2, -0.15) is 0 Å². The van der Waals surface area contributed by atoms with Crippen LogP contribution in [0.5, 0.6) is 0 Å². The zero-order valence-corrected chi connectivity index (χ0v) is 9.66. The van der Waals surface area contributed by atoms with Gasteiger partial charge >= 0.3 is 0 Å². The highest BCUT2D eigenvalue weighted by Crippen LogP contribution is 2.11. The third-order valence-electron chi connectivity index (χ3n) is 2.84. The Bertz CT molecular complexity index is 542. The van der Waals surface area contributed by atoms with Gasteiger partial charge in [0.25, 0.3) is 5.56 Å². The van der Waals surface area contributed by atoms with Gasteiger partial charge in [-0.1, -0.05) is 6.92 Å². The van der Waals surface area contributed by atoms with Crippen molar-refractivity contribution in [1.82, 2.24) is 20.3 Å². The second-order valence-electron chi connectivity index (χ2n) is 3.94. The Morgan fingerprint density at radius 3 is 3.06 bits per heavy atom. The van der Waals surface area contributed by atoms with Gasteiger partial charge in [-0.15, -0.1) is 0 Å². The summed E-state index contributed by atoms with van der Waals surface area (Å²) in [6.07, 6.45) is 4.02. The lowest BCUT2D eigenvalue weighted by atomic mass is 10.2. The van der Waals surface area contributed by atoms with Crippen LogP contribution in [0.15, 0.2) is 17.3 Å². The van der Waals surface area contributed by atoms with Crippen LogP contribution in [0.25, 0.3) is 11.0 Å². The quantitative estimate of drug-likeness (QED) is 0.593. The van der Waals surface area contributed by atoms with E-state index in [1.165, 1.54) is 6.33 Å². The molecule has 0 aliphatic heterocycles. The Balaban J connectivity index is 2.20. The molecule has 4 N–H and O–H groups in total. The molecule has 0 aliphatic carbocycles. The molecule has 0 amide bonds. The first kappa shape index (κ1) is 11.8. The molecular formula is C11H16N4O2. The van der Waals surface area contributed by atoms with Gasteiger partial charge in [0.1, 0.15) is 5.52 Å². The fraction of sp³-hybridized carbons (Fsp3) is 0.455. The van der Waals surface area contributed by atoms with Crippen molar-refractivity contribution in [2.75, 3.05) is 6.61 Å². The molecule has 2 rings (SSSR count). The highest BCUT2D eigenvalue weighted by Gasteiger charge is 2.09. The summed E-state index contributed by atoms with van der Waals surface area (Å²) in [7, 11) is 0. The number of aromatic amines is 2. The monoisotopic (exact) mass is 236 g/mol. The van der Waals surface area contributed by atoms with E-state index in [0.29, 0.717) is 17.6 Å². The van der Waals surface area contributed by atoms with E-state index in [0.717, 1.165) is 12.0 Å². The number of nitrogens with zero attached hydrogens (tertiary/aromatic N) is 1. The first-order valence-electron chi connectivity index (χ1n) is 5.64. The summed E-state index contributed by atoms with van der Waals surface area (Å²) in [6, 6.07) is 0.0712. The van der Waals surface area contributed by atoms with Gasteiger partial charge in [-0.3, -0.25) is 4.79 Å². The summed E-state index contributed by atoms with van der Waals surface area (Å²) in [6.45, 7) is 2.69. The molecule has 2 aromatic rings. The molecule has 1 atom stereocenters. The zero-order valence-electron chi connectivity index (χ0n) is 9.66. The predicted molar refractivity (Wildman–Crippen MR) is 64.7 cm³/mol. The third-order valence-corrected chi connectivity index (χ3v) is 2.84. The van der Waals surface area contributed by atoms with E-state index >= 15 is 0 Å². The summed E-state index contributed by atoms with van der Waals surface area (Å²) in [5.74, 6) is 0. The van der Waals surface area contributed by atoms with E-state index in [-0.39, 0.29) is 18.2 Å². The van der Waals surface area contributed by atoms with Gasteiger partial charge in [0, 0.05) is 24.3 Å². The van der Waals surface area contributed by atoms with Crippen molar-refractivity contribution >= 4 is 11.0 Å². The van der Waals surface area contributed by atoms with Crippen molar-refractivity contribution in [2.24, 2.45) is 0 Å². The van der Waals surface area contributed by atoms with Crippen molar-refractivity contribution in [3.05, 3.63) is 28.4 Å². The summed E-state index contributed by atoms with van der Waals surface area (Å²) < 4.78 is 0. The predicted octanol–water partition coefficient (Wildman–Crippen LogP) is 0.112. The van der Waals surface area contributed by atoms with Crippen LogP contribution in [0.1, 0.15) is 18.9 Å². The largest absolute Gasteiger partial charge is 0.395 e. The minimum atomic E-state index is -0.171. The molecule has 0 unspecified atom stereocenters. The van der Waals surface area contributed by atoms with Crippen LogP contribution in [0.3, 0.4) is 0 Å². The molecule has 2 heterocycles. The fourth-order valence-corrected chi connectivity index (χ4v) is 1.73. The Kier molecular flexibility index (Phi) is 3.55. The number of aliphatic hydroxyl groups excluding tert-OH is 1. The first-order chi connectivity index (χ1) is 8.26. The SMILES string of the molecule is CC[C@@H](CO)NCc1c[nH]c2c(=O)[nH]cnc12.